The average molecular weight is 267 g/mol. The molecule has 8 heteroatoms. The lowest BCUT2D eigenvalue weighted by Crippen LogP contribution is -2.19. The highest BCUT2D eigenvalue weighted by molar-refractivity contribution is 4.92. The van der Waals surface area contributed by atoms with Crippen molar-refractivity contribution in [1.29, 1.82) is 0 Å². The van der Waals surface area contributed by atoms with E-state index in [-0.39, 0.29) is 24.2 Å². The van der Waals surface area contributed by atoms with Gasteiger partial charge in [-0.05, 0) is 5.92 Å². The first kappa shape index (κ1) is 14.9. The Kier molecular flexibility index (Phi) is 5.09. The van der Waals surface area contributed by atoms with Gasteiger partial charge in [0.2, 0.25) is 5.89 Å². The van der Waals surface area contributed by atoms with Crippen LogP contribution in [-0.4, -0.2) is 22.9 Å². The van der Waals surface area contributed by atoms with Gasteiger partial charge in [-0.3, -0.25) is 0 Å². The van der Waals surface area contributed by atoms with E-state index < -0.39 is 18.8 Å². The second-order valence-electron chi connectivity index (χ2n) is 4.07. The first-order chi connectivity index (χ1) is 8.33. The van der Waals surface area contributed by atoms with E-state index in [1.54, 1.807) is 0 Å². The first-order valence-electron chi connectivity index (χ1n) is 5.56. The fourth-order valence-corrected chi connectivity index (χ4v) is 1.22. The van der Waals surface area contributed by atoms with E-state index >= 15 is 0 Å². The van der Waals surface area contributed by atoms with Gasteiger partial charge in [-0.25, -0.2) is 0 Å². The lowest BCUT2D eigenvalue weighted by molar-refractivity contribution is -0.177. The van der Waals surface area contributed by atoms with E-state index in [2.05, 4.69) is 14.9 Å². The Morgan fingerprint density at radius 3 is 2.67 bits per heavy atom. The van der Waals surface area contributed by atoms with Gasteiger partial charge in [-0.15, -0.1) is 0 Å². The van der Waals surface area contributed by atoms with Gasteiger partial charge >= 0.3 is 6.18 Å². The van der Waals surface area contributed by atoms with E-state index in [1.165, 1.54) is 0 Å². The second kappa shape index (κ2) is 6.14. The van der Waals surface area contributed by atoms with Crippen molar-refractivity contribution in [3.8, 4) is 0 Å². The molecule has 1 heterocycles. The molecule has 104 valence electrons. The highest BCUT2D eigenvalue weighted by Crippen LogP contribution is 2.20. The summed E-state index contributed by atoms with van der Waals surface area (Å²) < 4.78 is 44.8. The number of nitrogens with zero attached hydrogens (tertiary/aromatic N) is 2. The van der Waals surface area contributed by atoms with E-state index in [9.17, 15) is 13.2 Å². The molecule has 0 amide bonds. The minimum atomic E-state index is -4.36. The Morgan fingerprint density at radius 2 is 2.11 bits per heavy atom. The van der Waals surface area contributed by atoms with Crippen molar-refractivity contribution < 1.29 is 22.4 Å². The molecular weight excluding hydrogens is 251 g/mol. The molecule has 0 aliphatic carbocycles. The van der Waals surface area contributed by atoms with Crippen molar-refractivity contribution >= 4 is 0 Å². The number of alkyl halides is 3. The van der Waals surface area contributed by atoms with Gasteiger partial charge in [0.15, 0.2) is 5.82 Å². The number of nitrogens with two attached hydrogens (primary N) is 1. The standard InChI is InChI=1S/C10H16F3N3O2/c1-3-6(2)8(14)9-15-7(16-18-9)4-17-5-10(11,12)13/h6,8H,3-5,14H2,1-2H3/t6?,8-/m0/s1. The van der Waals surface area contributed by atoms with Crippen LogP contribution in [0.15, 0.2) is 4.52 Å². The molecule has 0 bridgehead atoms. The average Bonchev–Trinajstić information content (AvgIpc) is 2.74. The third kappa shape index (κ3) is 4.61. The minimum Gasteiger partial charge on any atom is -0.364 e. The molecule has 2 N–H and O–H groups in total. The van der Waals surface area contributed by atoms with Crippen LogP contribution in [0.2, 0.25) is 0 Å². The van der Waals surface area contributed by atoms with Gasteiger partial charge in [0.1, 0.15) is 13.2 Å². The Morgan fingerprint density at radius 1 is 1.44 bits per heavy atom. The molecule has 0 aliphatic heterocycles. The first-order valence-corrected chi connectivity index (χ1v) is 5.56. The fourth-order valence-electron chi connectivity index (χ4n) is 1.22. The van der Waals surface area contributed by atoms with Crippen LogP contribution in [0.1, 0.15) is 38.0 Å². The molecule has 0 spiro atoms. The fraction of sp³-hybridized carbons (Fsp3) is 0.800. The third-order valence-electron chi connectivity index (χ3n) is 2.52. The summed E-state index contributed by atoms with van der Waals surface area (Å²) in [4.78, 5) is 3.90. The zero-order valence-corrected chi connectivity index (χ0v) is 10.2. The minimum absolute atomic E-state index is 0.0630. The van der Waals surface area contributed by atoms with Crippen molar-refractivity contribution in [1.82, 2.24) is 10.1 Å². The summed E-state index contributed by atoms with van der Waals surface area (Å²) >= 11 is 0. The van der Waals surface area contributed by atoms with Crippen LogP contribution < -0.4 is 5.73 Å². The Labute approximate surface area is 102 Å². The van der Waals surface area contributed by atoms with Crippen molar-refractivity contribution in [3.05, 3.63) is 11.7 Å². The molecule has 5 nitrogen and oxygen atoms in total. The normalized spacial score (nSPS) is 15.7. The number of ether oxygens (including phenoxy) is 1. The van der Waals surface area contributed by atoms with Crippen LogP contribution in [0.3, 0.4) is 0 Å². The van der Waals surface area contributed by atoms with Gasteiger partial charge in [0.05, 0.1) is 6.04 Å². The Bertz CT molecular complexity index is 367. The lowest BCUT2D eigenvalue weighted by atomic mass is 10.0. The topological polar surface area (TPSA) is 74.2 Å². The number of hydrogen-bond acceptors (Lipinski definition) is 5. The molecule has 1 aromatic rings. The van der Waals surface area contributed by atoms with Crippen LogP contribution in [0.4, 0.5) is 13.2 Å². The summed E-state index contributed by atoms with van der Waals surface area (Å²) in [6.45, 7) is 2.20. The van der Waals surface area contributed by atoms with Crippen molar-refractivity contribution in [2.75, 3.05) is 6.61 Å². The molecule has 1 rings (SSSR count). The maximum absolute atomic E-state index is 11.8. The molecule has 1 aromatic heterocycles. The SMILES string of the molecule is CCC(C)[C@H](N)c1nc(COCC(F)(F)F)no1. The smallest absolute Gasteiger partial charge is 0.364 e. The molecule has 18 heavy (non-hydrogen) atoms. The third-order valence-corrected chi connectivity index (χ3v) is 2.52. The number of rotatable bonds is 6. The number of aromatic nitrogens is 2. The monoisotopic (exact) mass is 267 g/mol. The van der Waals surface area contributed by atoms with Crippen LogP contribution >= 0.6 is 0 Å². The van der Waals surface area contributed by atoms with Crippen LogP contribution in [-0.2, 0) is 11.3 Å². The summed E-state index contributed by atoms with van der Waals surface area (Å²) in [5.74, 6) is 0.428. The zero-order valence-electron chi connectivity index (χ0n) is 10.2. The van der Waals surface area contributed by atoms with Gasteiger partial charge < -0.3 is 15.0 Å². The van der Waals surface area contributed by atoms with Gasteiger partial charge in [-0.1, -0.05) is 25.4 Å². The summed E-state index contributed by atoms with van der Waals surface area (Å²) in [6.07, 6.45) is -3.52. The van der Waals surface area contributed by atoms with E-state index in [0.717, 1.165) is 6.42 Å². The van der Waals surface area contributed by atoms with Gasteiger partial charge in [0.25, 0.3) is 0 Å². The molecule has 1 unspecified atom stereocenters. The van der Waals surface area contributed by atoms with E-state index in [4.69, 9.17) is 10.3 Å². The van der Waals surface area contributed by atoms with Gasteiger partial charge in [0, 0.05) is 0 Å². The van der Waals surface area contributed by atoms with Crippen molar-refractivity contribution in [3.63, 3.8) is 0 Å². The van der Waals surface area contributed by atoms with Crippen molar-refractivity contribution in [2.45, 2.75) is 39.1 Å². The summed E-state index contributed by atoms with van der Waals surface area (Å²) in [7, 11) is 0. The van der Waals surface area contributed by atoms with E-state index in [1.807, 2.05) is 13.8 Å². The Hall–Kier alpha value is -1.15. The predicted octanol–water partition coefficient (Wildman–Crippen LogP) is 2.19. The molecule has 0 saturated carbocycles. The second-order valence-corrected chi connectivity index (χ2v) is 4.07. The maximum atomic E-state index is 11.8. The van der Waals surface area contributed by atoms with Gasteiger partial charge in [-0.2, -0.15) is 18.2 Å². The number of hydrogen-bond donors (Lipinski definition) is 1. The molecule has 0 fully saturated rings. The quantitative estimate of drug-likeness (QED) is 0.855. The highest BCUT2D eigenvalue weighted by atomic mass is 19.4. The molecule has 2 atom stereocenters. The predicted molar refractivity (Wildman–Crippen MR) is 56.4 cm³/mol. The lowest BCUT2D eigenvalue weighted by Gasteiger charge is -2.12. The summed E-state index contributed by atoms with van der Waals surface area (Å²) in [5.41, 5.74) is 5.84. The maximum Gasteiger partial charge on any atom is 0.411 e. The van der Waals surface area contributed by atoms with E-state index in [0.29, 0.717) is 0 Å². The molecule has 0 radical (unpaired) electrons. The molecule has 0 saturated heterocycles. The van der Waals surface area contributed by atoms with Crippen LogP contribution in [0, 0.1) is 5.92 Å². The summed E-state index contributed by atoms with van der Waals surface area (Å²) in [5, 5.41) is 3.52. The molecule has 0 aromatic carbocycles. The summed E-state index contributed by atoms with van der Waals surface area (Å²) in [6, 6.07) is -0.418. The Balaban J connectivity index is 2.48. The van der Waals surface area contributed by atoms with Crippen LogP contribution in [0.5, 0.6) is 0 Å². The van der Waals surface area contributed by atoms with Crippen LogP contribution in [0.25, 0.3) is 0 Å². The van der Waals surface area contributed by atoms with Crippen molar-refractivity contribution in [2.24, 2.45) is 11.7 Å². The zero-order chi connectivity index (χ0) is 13.8. The highest BCUT2D eigenvalue weighted by Gasteiger charge is 2.28. The number of halogens is 3. The largest absolute Gasteiger partial charge is 0.411 e. The molecule has 0 aliphatic rings. The molecular formula is C10H16F3N3O2.